The molecule has 3 nitrogen and oxygen atoms in total. The zero-order chi connectivity index (χ0) is 16.8. The predicted octanol–water partition coefficient (Wildman–Crippen LogP) is 4.88. The minimum Gasteiger partial charge on any atom is -0.494 e. The van der Waals surface area contributed by atoms with Crippen molar-refractivity contribution in [3.05, 3.63) is 23.8 Å². The third-order valence-corrected chi connectivity index (χ3v) is 4.59. The van der Waals surface area contributed by atoms with Crippen molar-refractivity contribution in [3.63, 3.8) is 0 Å². The first-order valence-electron chi connectivity index (χ1n) is 8.30. The van der Waals surface area contributed by atoms with Crippen molar-refractivity contribution >= 4 is 5.97 Å². The largest absolute Gasteiger partial charge is 0.494 e. The number of carbonyl (C=O) groups excluding carboxylic acids is 1. The summed E-state index contributed by atoms with van der Waals surface area (Å²) in [6.07, 6.45) is 7.12. The lowest BCUT2D eigenvalue weighted by atomic mass is 9.80. The van der Waals surface area contributed by atoms with Crippen LogP contribution in [0.5, 0.6) is 11.5 Å². The van der Waals surface area contributed by atoms with Crippen LogP contribution in [0.4, 0.5) is 8.78 Å². The van der Waals surface area contributed by atoms with E-state index in [9.17, 15) is 13.6 Å². The molecule has 0 spiro atoms. The number of rotatable bonds is 6. The zero-order valence-electron chi connectivity index (χ0n) is 13.7. The van der Waals surface area contributed by atoms with Crippen molar-refractivity contribution in [1.29, 1.82) is 0 Å². The highest BCUT2D eigenvalue weighted by atomic mass is 19.2. The number of carbonyl (C=O) groups is 1. The van der Waals surface area contributed by atoms with Crippen molar-refractivity contribution < 1.29 is 23.0 Å². The van der Waals surface area contributed by atoms with Crippen molar-refractivity contribution in [2.45, 2.75) is 51.9 Å². The lowest BCUT2D eigenvalue weighted by Crippen LogP contribution is -2.26. The summed E-state index contributed by atoms with van der Waals surface area (Å²) in [4.78, 5) is 12.2. The second-order valence-electron chi connectivity index (χ2n) is 6.17. The molecule has 1 aliphatic carbocycles. The number of hydrogen-bond donors (Lipinski definition) is 0. The van der Waals surface area contributed by atoms with Gasteiger partial charge in [-0.3, -0.25) is 4.79 Å². The molecule has 0 heterocycles. The highest BCUT2D eigenvalue weighted by molar-refractivity contribution is 5.75. The Balaban J connectivity index is 1.92. The van der Waals surface area contributed by atoms with E-state index in [1.165, 1.54) is 38.5 Å². The van der Waals surface area contributed by atoms with E-state index in [4.69, 9.17) is 9.47 Å². The van der Waals surface area contributed by atoms with E-state index in [1.54, 1.807) is 0 Å². The highest BCUT2D eigenvalue weighted by Crippen LogP contribution is 2.34. The van der Waals surface area contributed by atoms with Gasteiger partial charge in [0.25, 0.3) is 0 Å². The first kappa shape index (κ1) is 17.7. The summed E-state index contributed by atoms with van der Waals surface area (Å²) in [6, 6.07) is 2.48. The first-order valence-corrected chi connectivity index (χ1v) is 8.30. The van der Waals surface area contributed by atoms with E-state index in [2.05, 4.69) is 6.92 Å². The number of methoxy groups -OCH3 is 1. The normalized spacial score (nSPS) is 21.0. The number of unbranched alkanes of at least 4 members (excludes halogenated alkanes) is 1. The maximum absolute atomic E-state index is 13.8. The Morgan fingerprint density at radius 3 is 2.35 bits per heavy atom. The fourth-order valence-corrected chi connectivity index (χ4v) is 3.12. The summed E-state index contributed by atoms with van der Waals surface area (Å²) in [5, 5.41) is 0. The van der Waals surface area contributed by atoms with E-state index >= 15 is 0 Å². The van der Waals surface area contributed by atoms with Gasteiger partial charge in [-0.2, -0.15) is 8.78 Å². The van der Waals surface area contributed by atoms with E-state index in [-0.39, 0.29) is 17.4 Å². The molecule has 0 atom stereocenters. The summed E-state index contributed by atoms with van der Waals surface area (Å²) in [7, 11) is 1.25. The molecule has 0 saturated heterocycles. The Morgan fingerprint density at radius 2 is 1.74 bits per heavy atom. The molecule has 1 saturated carbocycles. The van der Waals surface area contributed by atoms with Gasteiger partial charge >= 0.3 is 5.97 Å². The molecule has 0 N–H and O–H groups in total. The third kappa shape index (κ3) is 4.43. The van der Waals surface area contributed by atoms with E-state index in [1.807, 2.05) is 0 Å². The molecule has 128 valence electrons. The molecule has 1 aromatic rings. The molecule has 1 aliphatic rings. The molecule has 23 heavy (non-hydrogen) atoms. The van der Waals surface area contributed by atoms with E-state index in [0.717, 1.165) is 25.7 Å². The monoisotopic (exact) mass is 326 g/mol. The van der Waals surface area contributed by atoms with Gasteiger partial charge in [0.1, 0.15) is 0 Å². The SMILES string of the molecule is CCCCC1CCC(C(=O)Oc2ccc(OC)c(F)c2F)CC1. The molecule has 0 bridgehead atoms. The lowest BCUT2D eigenvalue weighted by Gasteiger charge is -2.27. The van der Waals surface area contributed by atoms with Gasteiger partial charge < -0.3 is 9.47 Å². The maximum Gasteiger partial charge on any atom is 0.314 e. The molecule has 0 aliphatic heterocycles. The van der Waals surface area contributed by atoms with Crippen LogP contribution in [0.25, 0.3) is 0 Å². The van der Waals surface area contributed by atoms with Crippen LogP contribution in [-0.4, -0.2) is 13.1 Å². The molecule has 0 unspecified atom stereocenters. The van der Waals surface area contributed by atoms with Gasteiger partial charge in [0, 0.05) is 0 Å². The van der Waals surface area contributed by atoms with E-state index in [0.29, 0.717) is 5.92 Å². The van der Waals surface area contributed by atoms with Gasteiger partial charge in [0.2, 0.25) is 11.6 Å². The average Bonchev–Trinajstić information content (AvgIpc) is 2.57. The standard InChI is InChI=1S/C18H24F2O3/c1-3-4-5-12-6-8-13(9-7-12)18(21)23-15-11-10-14(22-2)16(19)17(15)20/h10-13H,3-9H2,1-2H3. The van der Waals surface area contributed by atoms with Crippen LogP contribution < -0.4 is 9.47 Å². The van der Waals surface area contributed by atoms with Gasteiger partial charge in [0.15, 0.2) is 11.5 Å². The first-order chi connectivity index (χ1) is 11.1. The second-order valence-corrected chi connectivity index (χ2v) is 6.17. The van der Waals surface area contributed by atoms with Crippen LogP contribution in [0.2, 0.25) is 0 Å². The van der Waals surface area contributed by atoms with Crippen molar-refractivity contribution in [2.24, 2.45) is 11.8 Å². The number of halogens is 2. The van der Waals surface area contributed by atoms with Crippen LogP contribution in [0.3, 0.4) is 0 Å². The zero-order valence-corrected chi connectivity index (χ0v) is 13.7. The summed E-state index contributed by atoms with van der Waals surface area (Å²) in [6.45, 7) is 2.17. The Hall–Kier alpha value is -1.65. The van der Waals surface area contributed by atoms with Crippen LogP contribution in [0.15, 0.2) is 12.1 Å². The highest BCUT2D eigenvalue weighted by Gasteiger charge is 2.28. The predicted molar refractivity (Wildman–Crippen MR) is 83.5 cm³/mol. The fraction of sp³-hybridized carbons (Fsp3) is 0.611. The fourth-order valence-electron chi connectivity index (χ4n) is 3.12. The summed E-state index contributed by atoms with van der Waals surface area (Å²) in [5.74, 6) is -2.93. The van der Waals surface area contributed by atoms with Crippen molar-refractivity contribution in [1.82, 2.24) is 0 Å². The third-order valence-electron chi connectivity index (χ3n) is 4.59. The molecule has 2 rings (SSSR count). The second kappa shape index (κ2) is 8.27. The summed E-state index contributed by atoms with van der Waals surface area (Å²) >= 11 is 0. The van der Waals surface area contributed by atoms with Crippen LogP contribution in [0.1, 0.15) is 51.9 Å². The number of hydrogen-bond acceptors (Lipinski definition) is 3. The molecule has 1 fully saturated rings. The Kier molecular flexibility index (Phi) is 6.37. The molecule has 0 aromatic heterocycles. The van der Waals surface area contributed by atoms with Crippen molar-refractivity contribution in [2.75, 3.05) is 7.11 Å². The van der Waals surface area contributed by atoms with Crippen LogP contribution >= 0.6 is 0 Å². The average molecular weight is 326 g/mol. The molecule has 5 heteroatoms. The lowest BCUT2D eigenvalue weighted by molar-refractivity contribution is -0.140. The molecular weight excluding hydrogens is 302 g/mol. The summed E-state index contributed by atoms with van der Waals surface area (Å²) in [5.41, 5.74) is 0. The van der Waals surface area contributed by atoms with Crippen LogP contribution in [-0.2, 0) is 4.79 Å². The molecule has 1 aromatic carbocycles. The van der Waals surface area contributed by atoms with Crippen LogP contribution in [0, 0.1) is 23.5 Å². The Labute approximate surface area is 136 Å². The van der Waals surface area contributed by atoms with Gasteiger partial charge in [-0.05, 0) is 43.7 Å². The molecule has 0 radical (unpaired) electrons. The minimum absolute atomic E-state index is 0.210. The number of benzene rings is 1. The quantitative estimate of drug-likeness (QED) is 0.552. The van der Waals surface area contributed by atoms with Gasteiger partial charge in [-0.15, -0.1) is 0 Å². The number of ether oxygens (including phenoxy) is 2. The van der Waals surface area contributed by atoms with Gasteiger partial charge in [-0.1, -0.05) is 26.2 Å². The molecule has 0 amide bonds. The minimum atomic E-state index is -1.19. The Bertz CT molecular complexity index is 537. The maximum atomic E-state index is 13.8. The summed E-state index contributed by atoms with van der Waals surface area (Å²) < 4.78 is 37.2. The topological polar surface area (TPSA) is 35.5 Å². The smallest absolute Gasteiger partial charge is 0.314 e. The van der Waals surface area contributed by atoms with Crippen molar-refractivity contribution in [3.8, 4) is 11.5 Å². The number of esters is 1. The molecular formula is C18H24F2O3. The Morgan fingerprint density at radius 1 is 1.13 bits per heavy atom. The van der Waals surface area contributed by atoms with Gasteiger partial charge in [-0.25, -0.2) is 0 Å². The van der Waals surface area contributed by atoms with E-state index < -0.39 is 17.6 Å². The van der Waals surface area contributed by atoms with Gasteiger partial charge in [0.05, 0.1) is 13.0 Å².